The minimum atomic E-state index is -0.217. The van der Waals surface area contributed by atoms with Crippen molar-refractivity contribution in [1.82, 2.24) is 10.6 Å². The molecule has 0 heterocycles. The summed E-state index contributed by atoms with van der Waals surface area (Å²) >= 11 is 0. The van der Waals surface area contributed by atoms with E-state index >= 15 is 0 Å². The van der Waals surface area contributed by atoms with Crippen LogP contribution in [0.25, 0.3) is 0 Å². The molecule has 0 atom stereocenters. The van der Waals surface area contributed by atoms with Crippen LogP contribution in [0.1, 0.15) is 34.1 Å². The molecular formula is C13H19N3O2. The van der Waals surface area contributed by atoms with Crippen LogP contribution in [0.15, 0.2) is 24.3 Å². The second kappa shape index (κ2) is 7.45. The summed E-state index contributed by atoms with van der Waals surface area (Å²) in [4.78, 5) is 23.4. The fourth-order valence-electron chi connectivity index (χ4n) is 1.43. The van der Waals surface area contributed by atoms with Crippen LogP contribution in [0.5, 0.6) is 0 Å². The lowest BCUT2D eigenvalue weighted by atomic mass is 10.1. The molecule has 1 rings (SSSR count). The lowest BCUT2D eigenvalue weighted by molar-refractivity contribution is 0.0953. The van der Waals surface area contributed by atoms with E-state index in [2.05, 4.69) is 10.6 Å². The van der Waals surface area contributed by atoms with Gasteiger partial charge in [-0.25, -0.2) is 0 Å². The Morgan fingerprint density at radius 1 is 1.11 bits per heavy atom. The molecule has 0 unspecified atom stereocenters. The maximum atomic E-state index is 11.7. The molecule has 1 aromatic carbocycles. The largest absolute Gasteiger partial charge is 0.352 e. The molecule has 0 radical (unpaired) electrons. The van der Waals surface area contributed by atoms with Crippen LogP contribution < -0.4 is 16.4 Å². The first-order valence-corrected chi connectivity index (χ1v) is 6.05. The molecule has 0 aliphatic heterocycles. The first-order chi connectivity index (χ1) is 8.69. The number of carbonyl (C=O) groups excluding carboxylic acids is 2. The predicted octanol–water partition coefficient (Wildman–Crippen LogP) is 0.515. The average molecular weight is 249 g/mol. The van der Waals surface area contributed by atoms with Gasteiger partial charge in [0.1, 0.15) is 0 Å². The van der Waals surface area contributed by atoms with Crippen molar-refractivity contribution in [3.63, 3.8) is 0 Å². The van der Waals surface area contributed by atoms with E-state index in [0.29, 0.717) is 30.8 Å². The van der Waals surface area contributed by atoms with E-state index in [1.807, 2.05) is 6.92 Å². The molecule has 2 amide bonds. The van der Waals surface area contributed by atoms with E-state index in [-0.39, 0.29) is 11.8 Å². The fourth-order valence-corrected chi connectivity index (χ4v) is 1.43. The summed E-state index contributed by atoms with van der Waals surface area (Å²) < 4.78 is 0. The molecule has 0 spiro atoms. The smallest absolute Gasteiger partial charge is 0.251 e. The third-order valence-electron chi connectivity index (χ3n) is 2.35. The van der Waals surface area contributed by atoms with Gasteiger partial charge in [0.05, 0.1) is 0 Å². The number of hydrogen-bond donors (Lipinski definition) is 3. The number of nitrogens with one attached hydrogen (secondary N) is 2. The molecule has 0 saturated carbocycles. The Hall–Kier alpha value is -1.88. The van der Waals surface area contributed by atoms with Crippen LogP contribution in [0.4, 0.5) is 0 Å². The molecule has 98 valence electrons. The van der Waals surface area contributed by atoms with E-state index < -0.39 is 0 Å². The van der Waals surface area contributed by atoms with Crippen molar-refractivity contribution in [1.29, 1.82) is 0 Å². The van der Waals surface area contributed by atoms with E-state index in [0.717, 1.165) is 6.42 Å². The molecule has 0 saturated heterocycles. The molecule has 0 aromatic heterocycles. The van der Waals surface area contributed by atoms with Crippen molar-refractivity contribution in [2.75, 3.05) is 19.6 Å². The molecule has 0 aliphatic carbocycles. The van der Waals surface area contributed by atoms with Crippen LogP contribution in [0, 0.1) is 0 Å². The number of carbonyl (C=O) groups is 2. The SMILES string of the molecule is CCCNC(=O)c1cccc(C(=O)NCCN)c1. The van der Waals surface area contributed by atoms with Gasteiger partial charge in [0, 0.05) is 30.8 Å². The number of benzene rings is 1. The Balaban J connectivity index is 2.72. The summed E-state index contributed by atoms with van der Waals surface area (Å²) in [6, 6.07) is 6.63. The summed E-state index contributed by atoms with van der Waals surface area (Å²) in [6.07, 6.45) is 0.877. The Morgan fingerprint density at radius 2 is 1.67 bits per heavy atom. The molecule has 4 N–H and O–H groups in total. The lowest BCUT2D eigenvalue weighted by Gasteiger charge is -2.06. The Bertz CT molecular complexity index is 383. The highest BCUT2D eigenvalue weighted by atomic mass is 16.2. The molecule has 0 fully saturated rings. The molecule has 0 aliphatic rings. The zero-order valence-corrected chi connectivity index (χ0v) is 10.5. The summed E-state index contributed by atoms with van der Waals surface area (Å²) in [5, 5.41) is 5.43. The number of nitrogens with two attached hydrogens (primary N) is 1. The molecule has 0 bridgehead atoms. The second-order valence-corrected chi connectivity index (χ2v) is 3.88. The van der Waals surface area contributed by atoms with Crippen LogP contribution in [-0.4, -0.2) is 31.4 Å². The monoisotopic (exact) mass is 249 g/mol. The zero-order chi connectivity index (χ0) is 13.4. The molecule has 5 nitrogen and oxygen atoms in total. The lowest BCUT2D eigenvalue weighted by Crippen LogP contribution is -2.29. The highest BCUT2D eigenvalue weighted by Crippen LogP contribution is 2.05. The standard InChI is InChI=1S/C13H19N3O2/c1-2-7-15-12(17)10-4-3-5-11(9-10)13(18)16-8-6-14/h3-5,9H,2,6-8,14H2,1H3,(H,15,17)(H,16,18). The number of rotatable bonds is 6. The van der Waals surface area contributed by atoms with Crippen LogP contribution in [0.2, 0.25) is 0 Å². The topological polar surface area (TPSA) is 84.2 Å². The van der Waals surface area contributed by atoms with Gasteiger partial charge in [-0.1, -0.05) is 13.0 Å². The molecule has 1 aromatic rings. The summed E-state index contributed by atoms with van der Waals surface area (Å²) in [6.45, 7) is 3.42. The fraction of sp³-hybridized carbons (Fsp3) is 0.385. The minimum Gasteiger partial charge on any atom is -0.352 e. The maximum Gasteiger partial charge on any atom is 0.251 e. The number of hydrogen-bond acceptors (Lipinski definition) is 3. The Kier molecular flexibility index (Phi) is 5.87. The first-order valence-electron chi connectivity index (χ1n) is 6.05. The van der Waals surface area contributed by atoms with Gasteiger partial charge < -0.3 is 16.4 Å². The number of amides is 2. The zero-order valence-electron chi connectivity index (χ0n) is 10.5. The highest BCUT2D eigenvalue weighted by molar-refractivity contribution is 5.99. The summed E-state index contributed by atoms with van der Waals surface area (Å²) in [5.74, 6) is -0.379. The van der Waals surface area contributed by atoms with Gasteiger partial charge in [-0.3, -0.25) is 9.59 Å². The Morgan fingerprint density at radius 3 is 2.17 bits per heavy atom. The average Bonchev–Trinajstić information content (AvgIpc) is 2.42. The minimum absolute atomic E-state index is 0.162. The summed E-state index contributed by atoms with van der Waals surface area (Å²) in [7, 11) is 0. The summed E-state index contributed by atoms with van der Waals surface area (Å²) in [5.41, 5.74) is 6.26. The highest BCUT2D eigenvalue weighted by Gasteiger charge is 2.09. The molecule has 18 heavy (non-hydrogen) atoms. The second-order valence-electron chi connectivity index (χ2n) is 3.88. The van der Waals surface area contributed by atoms with Crippen molar-refractivity contribution >= 4 is 11.8 Å². The van der Waals surface area contributed by atoms with Gasteiger partial charge in [-0.15, -0.1) is 0 Å². The predicted molar refractivity (Wildman–Crippen MR) is 70.5 cm³/mol. The van der Waals surface area contributed by atoms with Crippen molar-refractivity contribution in [2.24, 2.45) is 5.73 Å². The molecule has 5 heteroatoms. The van der Waals surface area contributed by atoms with Crippen LogP contribution in [-0.2, 0) is 0 Å². The van der Waals surface area contributed by atoms with Gasteiger partial charge >= 0.3 is 0 Å². The third-order valence-corrected chi connectivity index (χ3v) is 2.35. The van der Waals surface area contributed by atoms with E-state index in [1.165, 1.54) is 0 Å². The third kappa shape index (κ3) is 4.18. The van der Waals surface area contributed by atoms with E-state index in [9.17, 15) is 9.59 Å². The van der Waals surface area contributed by atoms with Crippen molar-refractivity contribution < 1.29 is 9.59 Å². The van der Waals surface area contributed by atoms with Crippen molar-refractivity contribution in [3.05, 3.63) is 35.4 Å². The first kappa shape index (κ1) is 14.2. The maximum absolute atomic E-state index is 11.7. The van der Waals surface area contributed by atoms with Gasteiger partial charge in [-0.05, 0) is 24.6 Å². The van der Waals surface area contributed by atoms with E-state index in [4.69, 9.17) is 5.73 Å². The molecular weight excluding hydrogens is 230 g/mol. The normalized spacial score (nSPS) is 9.89. The Labute approximate surface area is 107 Å². The van der Waals surface area contributed by atoms with Crippen LogP contribution in [0.3, 0.4) is 0 Å². The quantitative estimate of drug-likeness (QED) is 0.687. The van der Waals surface area contributed by atoms with Gasteiger partial charge in [0.15, 0.2) is 0 Å². The van der Waals surface area contributed by atoms with Gasteiger partial charge in [0.25, 0.3) is 11.8 Å². The van der Waals surface area contributed by atoms with Crippen molar-refractivity contribution in [2.45, 2.75) is 13.3 Å². The van der Waals surface area contributed by atoms with Crippen molar-refractivity contribution in [3.8, 4) is 0 Å². The van der Waals surface area contributed by atoms with Crippen LogP contribution >= 0.6 is 0 Å². The van der Waals surface area contributed by atoms with E-state index in [1.54, 1.807) is 24.3 Å². The van der Waals surface area contributed by atoms with Gasteiger partial charge in [0.2, 0.25) is 0 Å². The van der Waals surface area contributed by atoms with Gasteiger partial charge in [-0.2, -0.15) is 0 Å².